The Kier molecular flexibility index (Phi) is 4.19. The van der Waals surface area contributed by atoms with Gasteiger partial charge in [0.25, 0.3) is 5.89 Å². The van der Waals surface area contributed by atoms with E-state index in [2.05, 4.69) is 25.0 Å². The van der Waals surface area contributed by atoms with Crippen molar-refractivity contribution in [3.63, 3.8) is 0 Å². The zero-order valence-corrected chi connectivity index (χ0v) is 12.7. The van der Waals surface area contributed by atoms with Gasteiger partial charge in [0.1, 0.15) is 19.0 Å². The average molecular weight is 305 g/mol. The first-order valence-corrected chi connectivity index (χ1v) is 7.29. The van der Waals surface area contributed by atoms with E-state index in [9.17, 15) is 4.79 Å². The van der Waals surface area contributed by atoms with Gasteiger partial charge in [-0.1, -0.05) is 5.16 Å². The predicted octanol–water partition coefficient (Wildman–Crippen LogP) is 0.531. The molecule has 1 amide bonds. The van der Waals surface area contributed by atoms with Crippen LogP contribution in [0.4, 0.5) is 0 Å². The van der Waals surface area contributed by atoms with Crippen LogP contribution >= 0.6 is 0 Å². The molecule has 2 aromatic heterocycles. The molecule has 8 nitrogen and oxygen atoms in total. The van der Waals surface area contributed by atoms with E-state index in [1.807, 2.05) is 13.1 Å². The van der Waals surface area contributed by atoms with Crippen LogP contribution in [0.5, 0.6) is 0 Å². The number of fused-ring (bicyclic) bond motifs is 1. The molecule has 0 spiro atoms. The molecule has 0 aromatic carbocycles. The van der Waals surface area contributed by atoms with Gasteiger partial charge < -0.3 is 19.1 Å². The van der Waals surface area contributed by atoms with Crippen molar-refractivity contribution in [3.05, 3.63) is 29.4 Å². The van der Waals surface area contributed by atoms with E-state index in [1.54, 1.807) is 6.92 Å². The summed E-state index contributed by atoms with van der Waals surface area (Å²) in [6.45, 7) is 4.59. The van der Waals surface area contributed by atoms with Crippen molar-refractivity contribution in [1.29, 1.82) is 0 Å². The Hall–Kier alpha value is -2.22. The summed E-state index contributed by atoms with van der Waals surface area (Å²) in [6, 6.07) is 0.114. The van der Waals surface area contributed by atoms with Crippen molar-refractivity contribution in [1.82, 2.24) is 25.0 Å². The highest BCUT2D eigenvalue weighted by Crippen LogP contribution is 2.14. The molecule has 0 saturated carbocycles. The van der Waals surface area contributed by atoms with Gasteiger partial charge in [-0.2, -0.15) is 4.98 Å². The van der Waals surface area contributed by atoms with Crippen LogP contribution in [-0.2, 0) is 29.1 Å². The normalized spacial score (nSPS) is 17.3. The lowest BCUT2D eigenvalue weighted by molar-refractivity contribution is -0.127. The molecular weight excluding hydrogens is 286 g/mol. The quantitative estimate of drug-likeness (QED) is 0.866. The van der Waals surface area contributed by atoms with Crippen molar-refractivity contribution in [2.45, 2.75) is 45.9 Å². The maximum Gasteiger partial charge on any atom is 0.252 e. The SMILES string of the molecule is Cc1cn2c(n1)CC[C@H](NC(=O)COCc1nc(C)no1)C2. The maximum atomic E-state index is 11.9. The number of aromatic nitrogens is 4. The van der Waals surface area contributed by atoms with Gasteiger partial charge in [-0.3, -0.25) is 4.79 Å². The Morgan fingerprint density at radius 3 is 3.14 bits per heavy atom. The minimum Gasteiger partial charge on any atom is -0.362 e. The number of imidazole rings is 1. The molecule has 0 aliphatic carbocycles. The molecule has 1 N–H and O–H groups in total. The highest BCUT2D eigenvalue weighted by atomic mass is 16.5. The van der Waals surface area contributed by atoms with Crippen LogP contribution in [0.3, 0.4) is 0 Å². The molecule has 3 heterocycles. The molecule has 1 aliphatic rings. The third-order valence-corrected chi connectivity index (χ3v) is 3.51. The molecule has 2 aromatic rings. The summed E-state index contributed by atoms with van der Waals surface area (Å²) in [7, 11) is 0. The summed E-state index contributed by atoms with van der Waals surface area (Å²) in [5, 5.41) is 6.64. The third kappa shape index (κ3) is 3.51. The van der Waals surface area contributed by atoms with Crippen LogP contribution in [0.25, 0.3) is 0 Å². The van der Waals surface area contributed by atoms with Gasteiger partial charge in [0, 0.05) is 25.2 Å². The average Bonchev–Trinajstić information content (AvgIpc) is 3.03. The van der Waals surface area contributed by atoms with E-state index >= 15 is 0 Å². The summed E-state index contributed by atoms with van der Waals surface area (Å²) in [4.78, 5) is 20.4. The van der Waals surface area contributed by atoms with Crippen molar-refractivity contribution in [2.75, 3.05) is 6.61 Å². The number of nitrogens with zero attached hydrogens (tertiary/aromatic N) is 4. The number of rotatable bonds is 5. The van der Waals surface area contributed by atoms with Crippen molar-refractivity contribution < 1.29 is 14.1 Å². The van der Waals surface area contributed by atoms with Gasteiger partial charge in [-0.05, 0) is 20.3 Å². The topological polar surface area (TPSA) is 95.1 Å². The summed E-state index contributed by atoms with van der Waals surface area (Å²) >= 11 is 0. The van der Waals surface area contributed by atoms with Gasteiger partial charge in [0.05, 0.1) is 5.69 Å². The lowest BCUT2D eigenvalue weighted by atomic mass is 10.1. The number of carbonyl (C=O) groups excluding carboxylic acids is 1. The molecule has 0 bridgehead atoms. The first kappa shape index (κ1) is 14.7. The van der Waals surface area contributed by atoms with Crippen molar-refractivity contribution in [3.8, 4) is 0 Å². The zero-order chi connectivity index (χ0) is 15.5. The maximum absolute atomic E-state index is 11.9. The van der Waals surface area contributed by atoms with Crippen LogP contribution in [0.15, 0.2) is 10.7 Å². The molecule has 22 heavy (non-hydrogen) atoms. The Bertz CT molecular complexity index is 663. The Morgan fingerprint density at radius 2 is 2.36 bits per heavy atom. The minimum atomic E-state index is -0.137. The molecule has 1 atom stereocenters. The van der Waals surface area contributed by atoms with Crippen LogP contribution in [0.2, 0.25) is 0 Å². The summed E-state index contributed by atoms with van der Waals surface area (Å²) < 4.78 is 12.3. The van der Waals surface area contributed by atoms with E-state index in [0.29, 0.717) is 11.7 Å². The van der Waals surface area contributed by atoms with Crippen LogP contribution in [-0.4, -0.2) is 38.2 Å². The fourth-order valence-electron chi connectivity index (χ4n) is 2.60. The lowest BCUT2D eigenvalue weighted by Gasteiger charge is -2.24. The van der Waals surface area contributed by atoms with E-state index in [-0.39, 0.29) is 25.2 Å². The molecule has 0 saturated heterocycles. The Labute approximate surface area is 127 Å². The highest BCUT2D eigenvalue weighted by molar-refractivity contribution is 5.77. The number of carbonyl (C=O) groups is 1. The summed E-state index contributed by atoms with van der Waals surface area (Å²) in [5.74, 6) is 1.88. The van der Waals surface area contributed by atoms with Crippen molar-refractivity contribution >= 4 is 5.91 Å². The number of hydrogen-bond donors (Lipinski definition) is 1. The van der Waals surface area contributed by atoms with Gasteiger partial charge in [0.2, 0.25) is 5.91 Å². The number of aryl methyl sites for hydroxylation is 3. The molecule has 3 rings (SSSR count). The Balaban J connectivity index is 1.42. The highest BCUT2D eigenvalue weighted by Gasteiger charge is 2.21. The largest absolute Gasteiger partial charge is 0.362 e. The molecule has 0 fully saturated rings. The fraction of sp³-hybridized carbons (Fsp3) is 0.571. The van der Waals surface area contributed by atoms with Crippen LogP contribution in [0, 0.1) is 13.8 Å². The second-order valence-electron chi connectivity index (χ2n) is 5.48. The van der Waals surface area contributed by atoms with Gasteiger partial charge in [-0.15, -0.1) is 0 Å². The standard InChI is InChI=1S/C14H19N5O3/c1-9-5-19-6-11(3-4-12(19)15-9)17-13(20)7-21-8-14-16-10(2)18-22-14/h5,11H,3-4,6-8H2,1-2H3,(H,17,20)/t11-/m0/s1. The minimum absolute atomic E-state index is 0.0201. The summed E-state index contributed by atoms with van der Waals surface area (Å²) in [6.07, 6.45) is 3.79. The predicted molar refractivity (Wildman–Crippen MR) is 75.9 cm³/mol. The molecule has 118 valence electrons. The molecule has 8 heteroatoms. The number of nitrogens with one attached hydrogen (secondary N) is 1. The number of hydrogen-bond acceptors (Lipinski definition) is 6. The fourth-order valence-corrected chi connectivity index (χ4v) is 2.60. The summed E-state index contributed by atoms with van der Waals surface area (Å²) in [5.41, 5.74) is 1.01. The van der Waals surface area contributed by atoms with E-state index in [4.69, 9.17) is 9.26 Å². The first-order valence-electron chi connectivity index (χ1n) is 7.29. The van der Waals surface area contributed by atoms with E-state index in [1.165, 1.54) is 0 Å². The van der Waals surface area contributed by atoms with Crippen LogP contribution < -0.4 is 5.32 Å². The molecule has 0 radical (unpaired) electrons. The van der Waals surface area contributed by atoms with Crippen molar-refractivity contribution in [2.24, 2.45) is 0 Å². The van der Waals surface area contributed by atoms with Gasteiger partial charge in [-0.25, -0.2) is 4.98 Å². The second-order valence-corrected chi connectivity index (χ2v) is 5.48. The number of ether oxygens (including phenoxy) is 1. The van der Waals surface area contributed by atoms with Gasteiger partial charge in [0.15, 0.2) is 5.82 Å². The van der Waals surface area contributed by atoms with Gasteiger partial charge >= 0.3 is 0 Å². The van der Waals surface area contributed by atoms with Crippen LogP contribution in [0.1, 0.15) is 29.7 Å². The smallest absolute Gasteiger partial charge is 0.252 e. The number of amides is 1. The van der Waals surface area contributed by atoms with E-state index in [0.717, 1.165) is 30.9 Å². The zero-order valence-electron chi connectivity index (χ0n) is 12.7. The molecular formula is C14H19N5O3. The third-order valence-electron chi connectivity index (χ3n) is 3.51. The first-order chi connectivity index (χ1) is 10.6. The Morgan fingerprint density at radius 1 is 1.50 bits per heavy atom. The molecule has 1 aliphatic heterocycles. The van der Waals surface area contributed by atoms with E-state index < -0.39 is 0 Å². The molecule has 0 unspecified atom stereocenters. The monoisotopic (exact) mass is 305 g/mol. The second kappa shape index (κ2) is 6.27. The lowest BCUT2D eigenvalue weighted by Crippen LogP contribution is -2.42.